The maximum absolute atomic E-state index is 13.0. The molecule has 0 saturated carbocycles. The predicted octanol–water partition coefficient (Wildman–Crippen LogP) is 2.60. The van der Waals surface area contributed by atoms with Gasteiger partial charge >= 0.3 is 5.97 Å². The third-order valence-corrected chi connectivity index (χ3v) is 3.15. The van der Waals surface area contributed by atoms with Crippen LogP contribution in [0.5, 0.6) is 0 Å². The molecule has 22 heavy (non-hydrogen) atoms. The van der Waals surface area contributed by atoms with Crippen molar-refractivity contribution >= 4 is 11.9 Å². The van der Waals surface area contributed by atoms with E-state index in [2.05, 4.69) is 0 Å². The zero-order chi connectivity index (χ0) is 15.9. The first-order valence-corrected chi connectivity index (χ1v) is 6.83. The number of primary amides is 1. The molecule has 0 aliphatic carbocycles. The molecule has 0 radical (unpaired) electrons. The van der Waals surface area contributed by atoms with Crippen LogP contribution in [0, 0.1) is 5.82 Å². The number of benzene rings is 2. The largest absolute Gasteiger partial charge is 0.461 e. The number of esters is 1. The van der Waals surface area contributed by atoms with Crippen LogP contribution in [-0.4, -0.2) is 11.9 Å². The Labute approximate surface area is 127 Å². The summed E-state index contributed by atoms with van der Waals surface area (Å²) < 4.78 is 18.1. The number of nitrogens with two attached hydrogens (primary N) is 1. The van der Waals surface area contributed by atoms with Crippen molar-refractivity contribution in [2.24, 2.45) is 5.73 Å². The molecule has 0 aliphatic rings. The molecule has 4 nitrogen and oxygen atoms in total. The summed E-state index contributed by atoms with van der Waals surface area (Å²) in [6.07, 6.45) is 0.611. The van der Waals surface area contributed by atoms with E-state index in [1.807, 2.05) is 0 Å². The van der Waals surface area contributed by atoms with Gasteiger partial charge in [-0.05, 0) is 41.8 Å². The third-order valence-electron chi connectivity index (χ3n) is 3.15. The van der Waals surface area contributed by atoms with Gasteiger partial charge in [0.1, 0.15) is 12.4 Å². The molecule has 1 amide bonds. The molecular formula is C17H16FNO3. The SMILES string of the molecule is NC(=O)c1ccc(COC(=O)CCc2cccc(F)c2)cc1. The van der Waals surface area contributed by atoms with E-state index in [1.165, 1.54) is 12.1 Å². The van der Waals surface area contributed by atoms with Gasteiger partial charge in [-0.25, -0.2) is 4.39 Å². The number of carbonyl (C=O) groups excluding carboxylic acids is 2. The summed E-state index contributed by atoms with van der Waals surface area (Å²) in [6, 6.07) is 12.7. The van der Waals surface area contributed by atoms with Crippen LogP contribution in [0.15, 0.2) is 48.5 Å². The summed E-state index contributed by atoms with van der Waals surface area (Å²) >= 11 is 0. The lowest BCUT2D eigenvalue weighted by Gasteiger charge is -2.06. The minimum Gasteiger partial charge on any atom is -0.461 e. The van der Waals surface area contributed by atoms with Crippen molar-refractivity contribution in [2.45, 2.75) is 19.4 Å². The van der Waals surface area contributed by atoms with E-state index in [1.54, 1.807) is 36.4 Å². The van der Waals surface area contributed by atoms with Crippen molar-refractivity contribution in [2.75, 3.05) is 0 Å². The molecule has 114 valence electrons. The summed E-state index contributed by atoms with van der Waals surface area (Å²) in [6.45, 7) is 0.126. The van der Waals surface area contributed by atoms with Gasteiger partial charge in [-0.1, -0.05) is 24.3 Å². The fraction of sp³-hybridized carbons (Fsp3) is 0.176. The van der Waals surface area contributed by atoms with E-state index < -0.39 is 5.91 Å². The molecule has 5 heteroatoms. The van der Waals surface area contributed by atoms with E-state index in [4.69, 9.17) is 10.5 Å². The average molecular weight is 301 g/mol. The second-order valence-electron chi connectivity index (χ2n) is 4.85. The van der Waals surface area contributed by atoms with E-state index in [9.17, 15) is 14.0 Å². The lowest BCUT2D eigenvalue weighted by molar-refractivity contribution is -0.144. The Kier molecular flexibility index (Phi) is 5.25. The number of ether oxygens (including phenoxy) is 1. The minimum absolute atomic E-state index is 0.126. The number of halogens is 1. The average Bonchev–Trinajstić information content (AvgIpc) is 2.51. The number of amides is 1. The van der Waals surface area contributed by atoms with Gasteiger partial charge in [0.25, 0.3) is 0 Å². The fourth-order valence-electron chi connectivity index (χ4n) is 1.94. The summed E-state index contributed by atoms with van der Waals surface area (Å²) in [7, 11) is 0. The summed E-state index contributed by atoms with van der Waals surface area (Å²) in [5, 5.41) is 0. The summed E-state index contributed by atoms with van der Waals surface area (Å²) in [5.74, 6) is -1.18. The van der Waals surface area contributed by atoms with Crippen molar-refractivity contribution in [1.82, 2.24) is 0 Å². The Morgan fingerprint density at radius 1 is 1.05 bits per heavy atom. The molecular weight excluding hydrogens is 285 g/mol. The van der Waals surface area contributed by atoms with Crippen LogP contribution in [0.2, 0.25) is 0 Å². The topological polar surface area (TPSA) is 69.4 Å². The lowest BCUT2D eigenvalue weighted by atomic mass is 10.1. The highest BCUT2D eigenvalue weighted by atomic mass is 19.1. The maximum Gasteiger partial charge on any atom is 0.306 e. The normalized spacial score (nSPS) is 10.2. The molecule has 0 heterocycles. The van der Waals surface area contributed by atoms with Gasteiger partial charge in [-0.3, -0.25) is 9.59 Å². The minimum atomic E-state index is -0.501. The van der Waals surface area contributed by atoms with E-state index >= 15 is 0 Å². The highest BCUT2D eigenvalue weighted by Gasteiger charge is 2.06. The van der Waals surface area contributed by atoms with Crippen LogP contribution in [-0.2, 0) is 22.6 Å². The fourth-order valence-corrected chi connectivity index (χ4v) is 1.94. The van der Waals surface area contributed by atoms with Gasteiger partial charge in [-0.15, -0.1) is 0 Å². The van der Waals surface area contributed by atoms with Crippen LogP contribution in [0.4, 0.5) is 4.39 Å². The lowest BCUT2D eigenvalue weighted by Crippen LogP contribution is -2.11. The van der Waals surface area contributed by atoms with Crippen LogP contribution in [0.3, 0.4) is 0 Å². The molecule has 0 atom stereocenters. The van der Waals surface area contributed by atoms with Crippen LogP contribution in [0.25, 0.3) is 0 Å². The first-order valence-electron chi connectivity index (χ1n) is 6.83. The van der Waals surface area contributed by atoms with Crippen molar-refractivity contribution in [3.8, 4) is 0 Å². The van der Waals surface area contributed by atoms with Crippen LogP contribution < -0.4 is 5.73 Å². The molecule has 2 N–H and O–H groups in total. The van der Waals surface area contributed by atoms with Gasteiger partial charge in [-0.2, -0.15) is 0 Å². The van der Waals surface area contributed by atoms with Gasteiger partial charge in [0.15, 0.2) is 0 Å². The zero-order valence-corrected chi connectivity index (χ0v) is 11.9. The van der Waals surface area contributed by atoms with E-state index in [-0.39, 0.29) is 24.8 Å². The molecule has 0 aromatic heterocycles. The predicted molar refractivity (Wildman–Crippen MR) is 79.5 cm³/mol. The smallest absolute Gasteiger partial charge is 0.306 e. The molecule has 0 bridgehead atoms. The molecule has 0 spiro atoms. The standard InChI is InChI=1S/C17H16FNO3/c18-15-3-1-2-12(10-15)6-9-16(20)22-11-13-4-7-14(8-5-13)17(19)21/h1-5,7-8,10H,6,9,11H2,(H2,19,21). The molecule has 0 fully saturated rings. The third kappa shape index (κ3) is 4.70. The van der Waals surface area contributed by atoms with Gasteiger partial charge in [0.2, 0.25) is 5.91 Å². The molecule has 0 unspecified atom stereocenters. The Balaban J connectivity index is 1.79. The van der Waals surface area contributed by atoms with E-state index in [0.29, 0.717) is 12.0 Å². The maximum atomic E-state index is 13.0. The van der Waals surface area contributed by atoms with Crippen LogP contribution >= 0.6 is 0 Å². The Morgan fingerprint density at radius 2 is 1.77 bits per heavy atom. The number of hydrogen-bond acceptors (Lipinski definition) is 3. The number of aryl methyl sites for hydroxylation is 1. The van der Waals surface area contributed by atoms with Crippen molar-refractivity contribution in [1.29, 1.82) is 0 Å². The van der Waals surface area contributed by atoms with Crippen molar-refractivity contribution in [3.05, 3.63) is 71.0 Å². The second kappa shape index (κ2) is 7.36. The van der Waals surface area contributed by atoms with Crippen LogP contribution in [0.1, 0.15) is 27.9 Å². The number of hydrogen-bond donors (Lipinski definition) is 1. The molecule has 0 saturated heterocycles. The molecule has 2 rings (SSSR count). The van der Waals surface area contributed by atoms with Gasteiger partial charge in [0.05, 0.1) is 0 Å². The zero-order valence-electron chi connectivity index (χ0n) is 11.9. The quantitative estimate of drug-likeness (QED) is 0.834. The van der Waals surface area contributed by atoms with Crippen molar-refractivity contribution < 1.29 is 18.7 Å². The summed E-state index contributed by atoms with van der Waals surface area (Å²) in [4.78, 5) is 22.6. The highest BCUT2D eigenvalue weighted by molar-refractivity contribution is 5.92. The summed E-state index contributed by atoms with van der Waals surface area (Å²) in [5.41, 5.74) is 7.06. The first-order chi connectivity index (χ1) is 10.5. The highest BCUT2D eigenvalue weighted by Crippen LogP contribution is 2.09. The Bertz CT molecular complexity index is 668. The first kappa shape index (κ1) is 15.7. The van der Waals surface area contributed by atoms with Gasteiger partial charge < -0.3 is 10.5 Å². The number of carbonyl (C=O) groups is 2. The molecule has 2 aromatic rings. The molecule has 0 aliphatic heterocycles. The number of rotatable bonds is 6. The molecule has 2 aromatic carbocycles. The van der Waals surface area contributed by atoms with Gasteiger partial charge in [0, 0.05) is 12.0 Å². The monoisotopic (exact) mass is 301 g/mol. The Hall–Kier alpha value is -2.69. The van der Waals surface area contributed by atoms with E-state index in [0.717, 1.165) is 11.1 Å². The Morgan fingerprint density at radius 3 is 2.41 bits per heavy atom. The van der Waals surface area contributed by atoms with Crippen molar-refractivity contribution in [3.63, 3.8) is 0 Å². The second-order valence-corrected chi connectivity index (χ2v) is 4.85.